The molecule has 0 N–H and O–H groups in total. The summed E-state index contributed by atoms with van der Waals surface area (Å²) >= 11 is 0. The van der Waals surface area contributed by atoms with E-state index < -0.39 is 0 Å². The van der Waals surface area contributed by atoms with Crippen molar-refractivity contribution in [1.29, 1.82) is 0 Å². The third-order valence-electron chi connectivity index (χ3n) is 5.71. The smallest absolute Gasteiger partial charge is 0.289 e. The number of aryl methyl sites for hydroxylation is 1. The van der Waals surface area contributed by atoms with Crippen LogP contribution in [0.5, 0.6) is 0 Å². The van der Waals surface area contributed by atoms with Gasteiger partial charge in [0.15, 0.2) is 5.78 Å². The normalized spacial score (nSPS) is 10.4. The molecule has 0 aromatic heterocycles. The number of carbonyl (C=O) groups excluding carboxylic acids is 1. The number of rotatable bonds is 10. The van der Waals surface area contributed by atoms with Crippen molar-refractivity contribution in [3.63, 3.8) is 0 Å². The van der Waals surface area contributed by atoms with E-state index in [1.165, 1.54) is 48.8 Å². The maximum absolute atomic E-state index is 12.5. The Morgan fingerprint density at radius 1 is 0.824 bits per heavy atom. The maximum atomic E-state index is 12.5. The third kappa shape index (κ3) is 8.78. The van der Waals surface area contributed by atoms with E-state index in [-0.39, 0.29) is 22.9 Å². The van der Waals surface area contributed by atoms with Crippen molar-refractivity contribution < 1.29 is 21.9 Å². The average Bonchev–Trinajstić information content (AvgIpc) is 3.60. The number of ketones is 1. The van der Waals surface area contributed by atoms with E-state index in [1.54, 1.807) is 6.08 Å². The molecule has 0 aliphatic carbocycles. The van der Waals surface area contributed by atoms with E-state index in [4.69, 9.17) is 0 Å². The van der Waals surface area contributed by atoms with Gasteiger partial charge in [0.25, 0.3) is 0 Å². The fourth-order valence-corrected chi connectivity index (χ4v) is 3.96. The summed E-state index contributed by atoms with van der Waals surface area (Å²) in [4.78, 5) is 12.5. The maximum Gasteiger partial charge on any atom is 2.00 e. The van der Waals surface area contributed by atoms with Crippen molar-refractivity contribution in [1.82, 2.24) is 0 Å². The van der Waals surface area contributed by atoms with Crippen molar-refractivity contribution in [2.75, 3.05) is 0 Å². The minimum absolute atomic E-state index is 0. The van der Waals surface area contributed by atoms with Gasteiger partial charge >= 0.3 is 17.1 Å². The standard InChI is InChI=1S/C27H29O.C5H5.Fe/c1-2-3-4-5-7-15-24-18-12-19-25(27(24)23-16-10-11-17-23)20-21-26(28)22-13-8-6-9-14-22;1-2-4-5-3-1;/h6,8-14,16-21H,2-5,7,15H2,1H3;1-5H;/q2*-1;+2. The van der Waals surface area contributed by atoms with Gasteiger partial charge < -0.3 is 0 Å². The third-order valence-corrected chi connectivity index (χ3v) is 5.71. The summed E-state index contributed by atoms with van der Waals surface area (Å²) in [5.74, 6) is 0.0408. The predicted molar refractivity (Wildman–Crippen MR) is 142 cm³/mol. The molecule has 0 spiro atoms. The molecule has 2 heteroatoms. The van der Waals surface area contributed by atoms with Crippen LogP contribution >= 0.6 is 0 Å². The van der Waals surface area contributed by atoms with Gasteiger partial charge in [-0.05, 0) is 6.08 Å². The van der Waals surface area contributed by atoms with Crippen molar-refractivity contribution >= 4 is 11.9 Å². The number of unbranched alkanes of at least 4 members (excludes halogenated alkanes) is 4. The number of allylic oxidation sites excluding steroid dienone is 1. The number of benzene rings is 2. The minimum atomic E-state index is 0. The molecule has 0 aliphatic heterocycles. The van der Waals surface area contributed by atoms with Crippen molar-refractivity contribution in [2.45, 2.75) is 45.4 Å². The molecule has 0 aliphatic rings. The Balaban J connectivity index is 0.000000603. The molecule has 0 unspecified atom stereocenters. The van der Waals surface area contributed by atoms with Crippen molar-refractivity contribution in [3.8, 4) is 11.1 Å². The Kier molecular flexibility index (Phi) is 12.7. The summed E-state index contributed by atoms with van der Waals surface area (Å²) < 4.78 is 0. The van der Waals surface area contributed by atoms with Gasteiger partial charge in [-0.1, -0.05) is 111 Å². The second-order valence-electron chi connectivity index (χ2n) is 8.25. The van der Waals surface area contributed by atoms with E-state index in [9.17, 15) is 4.79 Å². The molecule has 0 radical (unpaired) electrons. The second-order valence-corrected chi connectivity index (χ2v) is 8.25. The zero-order chi connectivity index (χ0) is 23.1. The zero-order valence-corrected chi connectivity index (χ0v) is 21.1. The Labute approximate surface area is 215 Å². The van der Waals surface area contributed by atoms with E-state index in [0.717, 1.165) is 17.5 Å². The molecule has 0 fully saturated rings. The number of hydrogen-bond donors (Lipinski definition) is 0. The van der Waals surface area contributed by atoms with Crippen LogP contribution in [-0.2, 0) is 23.5 Å². The van der Waals surface area contributed by atoms with Crippen LogP contribution in [0.2, 0.25) is 0 Å². The molecule has 1 nitrogen and oxygen atoms in total. The Hall–Kier alpha value is -2.93. The Morgan fingerprint density at radius 2 is 1.53 bits per heavy atom. The molecule has 0 saturated carbocycles. The molecule has 0 saturated heterocycles. The van der Waals surface area contributed by atoms with E-state index in [1.807, 2.05) is 66.7 Å². The SMILES string of the molecule is CCCCCCCc1cccc(C=CC(=O)c2ccccc2)c1-[c-]1cccc1.[Fe+2].c1cc[cH-]c1. The van der Waals surface area contributed by atoms with E-state index in [0.29, 0.717) is 0 Å². The van der Waals surface area contributed by atoms with Gasteiger partial charge in [0.1, 0.15) is 0 Å². The minimum Gasteiger partial charge on any atom is -0.289 e. The van der Waals surface area contributed by atoms with Gasteiger partial charge in [0.2, 0.25) is 0 Å². The van der Waals surface area contributed by atoms with Crippen molar-refractivity contribution in [2.24, 2.45) is 0 Å². The molecule has 34 heavy (non-hydrogen) atoms. The summed E-state index contributed by atoms with van der Waals surface area (Å²) in [5, 5.41) is 0. The molecule has 0 amide bonds. The summed E-state index contributed by atoms with van der Waals surface area (Å²) in [6.45, 7) is 2.25. The van der Waals surface area contributed by atoms with Crippen LogP contribution in [0.1, 0.15) is 60.5 Å². The summed E-state index contributed by atoms with van der Waals surface area (Å²) in [6, 6.07) is 34.4. The van der Waals surface area contributed by atoms with Gasteiger partial charge in [0.05, 0.1) is 0 Å². The number of hydrogen-bond acceptors (Lipinski definition) is 1. The first-order valence-electron chi connectivity index (χ1n) is 12.1. The topological polar surface area (TPSA) is 17.1 Å². The van der Waals surface area contributed by atoms with Crippen LogP contribution in [0, 0.1) is 0 Å². The first-order chi connectivity index (χ1) is 16.3. The largest absolute Gasteiger partial charge is 2.00 e. The summed E-state index contributed by atoms with van der Waals surface area (Å²) in [6.07, 6.45) is 11.1. The summed E-state index contributed by atoms with van der Waals surface area (Å²) in [7, 11) is 0. The fourth-order valence-electron chi connectivity index (χ4n) is 3.96. The number of carbonyl (C=O) groups is 1. The average molecular weight is 490 g/mol. The van der Waals surface area contributed by atoms with Gasteiger partial charge in [-0.25, -0.2) is 12.1 Å². The van der Waals surface area contributed by atoms with Gasteiger partial charge in [0, 0.05) is 5.56 Å². The summed E-state index contributed by atoms with van der Waals surface area (Å²) in [5.41, 5.74) is 5.70. The first kappa shape index (κ1) is 27.3. The van der Waals surface area contributed by atoms with Gasteiger partial charge in [-0.3, -0.25) is 4.79 Å². The quantitative estimate of drug-likeness (QED) is 0.0713. The molecule has 4 aromatic rings. The van der Waals surface area contributed by atoms with Crippen molar-refractivity contribution in [3.05, 3.63) is 126 Å². The Bertz CT molecular complexity index is 1060. The van der Waals surface area contributed by atoms with Gasteiger partial charge in [-0.2, -0.15) is 30.3 Å². The molecule has 0 heterocycles. The molecule has 0 bridgehead atoms. The van der Waals surface area contributed by atoms with Crippen LogP contribution < -0.4 is 0 Å². The monoisotopic (exact) mass is 490 g/mol. The van der Waals surface area contributed by atoms with Crippen LogP contribution in [0.25, 0.3) is 17.2 Å². The predicted octanol–water partition coefficient (Wildman–Crippen LogP) is 8.88. The Morgan fingerprint density at radius 3 is 2.18 bits per heavy atom. The van der Waals surface area contributed by atoms with E-state index in [2.05, 4.69) is 49.4 Å². The molecule has 0 atom stereocenters. The van der Waals surface area contributed by atoms with Gasteiger partial charge in [-0.15, -0.1) is 23.3 Å². The zero-order valence-electron chi connectivity index (χ0n) is 20.0. The van der Waals surface area contributed by atoms with Crippen LogP contribution in [0.15, 0.2) is 109 Å². The van der Waals surface area contributed by atoms with Crippen LogP contribution in [0.3, 0.4) is 0 Å². The fraction of sp³-hybridized carbons (Fsp3) is 0.219. The van der Waals surface area contributed by atoms with Crippen LogP contribution in [0.4, 0.5) is 0 Å². The molecule has 4 rings (SSSR count). The second kappa shape index (κ2) is 15.8. The molecular formula is C32H34FeO. The molecule has 4 aromatic carbocycles. The van der Waals surface area contributed by atoms with Crippen LogP contribution in [-0.4, -0.2) is 5.78 Å². The first-order valence-corrected chi connectivity index (χ1v) is 12.1. The van der Waals surface area contributed by atoms with E-state index >= 15 is 0 Å². The molecular weight excluding hydrogens is 456 g/mol. The molecule has 176 valence electrons.